The summed E-state index contributed by atoms with van der Waals surface area (Å²) in [6.07, 6.45) is 0.762. The zero-order chi connectivity index (χ0) is 15.0. The van der Waals surface area contributed by atoms with Crippen LogP contribution in [-0.4, -0.2) is 46.6 Å². The van der Waals surface area contributed by atoms with Crippen LogP contribution in [0.15, 0.2) is 18.2 Å². The number of hydrogen-bond donors (Lipinski definition) is 1. The minimum atomic E-state index is 0.241. The van der Waals surface area contributed by atoms with E-state index in [4.69, 9.17) is 26.8 Å². The number of halogens is 1. The molecular weight excluding hydrogens is 276 g/mol. The summed E-state index contributed by atoms with van der Waals surface area (Å²) in [7, 11) is 3.42. The topological polar surface area (TPSA) is 47.7 Å². The van der Waals surface area contributed by atoms with Crippen molar-refractivity contribution in [3.05, 3.63) is 28.8 Å². The first kappa shape index (κ1) is 17.2. The number of methoxy groups -OCH3 is 2. The van der Waals surface area contributed by atoms with Crippen LogP contribution in [0.5, 0.6) is 0 Å². The Bertz CT molecular complexity index is 401. The molecule has 2 N–H and O–H groups in total. The van der Waals surface area contributed by atoms with Gasteiger partial charge in [0.2, 0.25) is 0 Å². The summed E-state index contributed by atoms with van der Waals surface area (Å²) in [5.74, 6) is 0. The van der Waals surface area contributed by atoms with Crippen molar-refractivity contribution in [1.82, 2.24) is 0 Å². The molecule has 0 bridgehead atoms. The number of nitrogens with zero attached hydrogens (tertiary/aromatic N) is 1. The molecule has 0 heterocycles. The van der Waals surface area contributed by atoms with E-state index in [9.17, 15) is 0 Å². The van der Waals surface area contributed by atoms with E-state index in [0.29, 0.717) is 19.8 Å². The molecule has 1 unspecified atom stereocenters. The van der Waals surface area contributed by atoms with Crippen molar-refractivity contribution in [2.45, 2.75) is 19.4 Å². The van der Waals surface area contributed by atoms with E-state index < -0.39 is 0 Å². The number of hydrogen-bond acceptors (Lipinski definition) is 4. The third-order valence-electron chi connectivity index (χ3n) is 3.27. The first-order chi connectivity index (χ1) is 9.65. The molecule has 0 aromatic heterocycles. The fraction of sp³-hybridized carbons (Fsp3) is 0.600. The molecule has 0 fully saturated rings. The monoisotopic (exact) mass is 300 g/mol. The lowest BCUT2D eigenvalue weighted by molar-refractivity contribution is 0.171. The average Bonchev–Trinajstić information content (AvgIpc) is 2.43. The van der Waals surface area contributed by atoms with E-state index in [0.717, 1.165) is 29.2 Å². The first-order valence-electron chi connectivity index (χ1n) is 6.87. The van der Waals surface area contributed by atoms with Gasteiger partial charge in [-0.05, 0) is 37.6 Å². The van der Waals surface area contributed by atoms with E-state index in [1.54, 1.807) is 14.2 Å². The minimum Gasteiger partial charge on any atom is -0.383 e. The molecule has 1 aromatic rings. The molecule has 114 valence electrons. The van der Waals surface area contributed by atoms with Crippen LogP contribution in [0.25, 0.3) is 0 Å². The van der Waals surface area contributed by atoms with Crippen LogP contribution in [0, 0.1) is 0 Å². The van der Waals surface area contributed by atoms with Gasteiger partial charge >= 0.3 is 0 Å². The Balaban J connectivity index is 3.08. The second-order valence-electron chi connectivity index (χ2n) is 4.77. The third-order valence-corrected chi connectivity index (χ3v) is 3.63. The van der Waals surface area contributed by atoms with Crippen molar-refractivity contribution in [3.63, 3.8) is 0 Å². The molecule has 1 aromatic carbocycles. The molecule has 20 heavy (non-hydrogen) atoms. The molecule has 0 aliphatic heterocycles. The fourth-order valence-corrected chi connectivity index (χ4v) is 2.57. The molecule has 0 radical (unpaired) electrons. The van der Waals surface area contributed by atoms with Crippen LogP contribution in [0.4, 0.5) is 5.69 Å². The van der Waals surface area contributed by atoms with Gasteiger partial charge in [-0.2, -0.15) is 0 Å². The molecule has 0 amide bonds. The van der Waals surface area contributed by atoms with Crippen molar-refractivity contribution < 1.29 is 9.47 Å². The summed E-state index contributed by atoms with van der Waals surface area (Å²) in [6.45, 7) is 4.81. The van der Waals surface area contributed by atoms with E-state index in [-0.39, 0.29) is 6.04 Å². The molecule has 1 atom stereocenters. The van der Waals surface area contributed by atoms with Crippen molar-refractivity contribution >= 4 is 17.3 Å². The Kier molecular flexibility index (Phi) is 7.92. The van der Waals surface area contributed by atoms with Crippen LogP contribution in [0.3, 0.4) is 0 Å². The largest absolute Gasteiger partial charge is 0.383 e. The van der Waals surface area contributed by atoms with E-state index in [1.807, 2.05) is 12.1 Å². The van der Waals surface area contributed by atoms with Gasteiger partial charge in [0, 0.05) is 37.5 Å². The minimum absolute atomic E-state index is 0.241. The van der Waals surface area contributed by atoms with Crippen LogP contribution in [-0.2, 0) is 15.9 Å². The molecule has 0 saturated carbocycles. The van der Waals surface area contributed by atoms with Crippen LogP contribution >= 0.6 is 11.6 Å². The molecular formula is C15H25ClN2O2. The van der Waals surface area contributed by atoms with Gasteiger partial charge in [-0.15, -0.1) is 0 Å². The normalized spacial score (nSPS) is 12.4. The molecule has 0 aliphatic rings. The van der Waals surface area contributed by atoms with Gasteiger partial charge in [0.15, 0.2) is 0 Å². The van der Waals surface area contributed by atoms with Crippen LogP contribution in [0.2, 0.25) is 5.02 Å². The summed E-state index contributed by atoms with van der Waals surface area (Å²) in [5, 5.41) is 0.764. The number of benzene rings is 1. The fourth-order valence-electron chi connectivity index (χ4n) is 2.31. The Morgan fingerprint density at radius 3 is 2.65 bits per heavy atom. The predicted octanol–water partition coefficient (Wildman–Crippen LogP) is 2.33. The summed E-state index contributed by atoms with van der Waals surface area (Å²) in [6, 6.07) is 6.20. The predicted molar refractivity (Wildman–Crippen MR) is 84.8 cm³/mol. The lowest BCUT2D eigenvalue weighted by atomic mass is 10.1. The van der Waals surface area contributed by atoms with Crippen LogP contribution < -0.4 is 10.6 Å². The highest BCUT2D eigenvalue weighted by atomic mass is 35.5. The standard InChI is InChI=1S/C15H25ClN2O2/c1-12(11-20-3)18(9-10-19-2)15-6-4-5-14(16)13(15)7-8-17/h4-6,12H,7-11,17H2,1-3H3. The molecule has 1 rings (SSSR count). The van der Waals surface area contributed by atoms with Crippen molar-refractivity contribution in [1.29, 1.82) is 0 Å². The maximum Gasteiger partial charge on any atom is 0.0663 e. The van der Waals surface area contributed by atoms with E-state index in [2.05, 4.69) is 17.9 Å². The number of nitrogens with two attached hydrogens (primary N) is 1. The van der Waals surface area contributed by atoms with Crippen molar-refractivity contribution in [3.8, 4) is 0 Å². The number of ether oxygens (including phenoxy) is 2. The maximum atomic E-state index is 6.32. The van der Waals surface area contributed by atoms with Gasteiger partial charge in [-0.1, -0.05) is 17.7 Å². The van der Waals surface area contributed by atoms with Crippen LogP contribution in [0.1, 0.15) is 12.5 Å². The van der Waals surface area contributed by atoms with Crippen molar-refractivity contribution in [2.24, 2.45) is 5.73 Å². The van der Waals surface area contributed by atoms with Gasteiger partial charge < -0.3 is 20.1 Å². The summed E-state index contributed by atoms with van der Waals surface area (Å²) >= 11 is 6.32. The second-order valence-corrected chi connectivity index (χ2v) is 5.17. The van der Waals surface area contributed by atoms with Crippen molar-refractivity contribution in [2.75, 3.05) is 45.4 Å². The van der Waals surface area contributed by atoms with E-state index >= 15 is 0 Å². The zero-order valence-corrected chi connectivity index (χ0v) is 13.3. The second kappa shape index (κ2) is 9.19. The SMILES string of the molecule is COCCN(c1cccc(Cl)c1CCN)C(C)COC. The van der Waals surface area contributed by atoms with E-state index in [1.165, 1.54) is 0 Å². The Morgan fingerprint density at radius 2 is 2.05 bits per heavy atom. The molecule has 5 heteroatoms. The highest BCUT2D eigenvalue weighted by Crippen LogP contribution is 2.29. The Hall–Kier alpha value is -0.810. The quantitative estimate of drug-likeness (QED) is 0.760. The third kappa shape index (κ3) is 4.63. The van der Waals surface area contributed by atoms with Gasteiger partial charge in [0.25, 0.3) is 0 Å². The summed E-state index contributed by atoms with van der Waals surface area (Å²) < 4.78 is 10.5. The smallest absolute Gasteiger partial charge is 0.0663 e. The highest BCUT2D eigenvalue weighted by molar-refractivity contribution is 6.31. The van der Waals surface area contributed by atoms with Gasteiger partial charge in [-0.25, -0.2) is 0 Å². The van der Waals surface area contributed by atoms with Gasteiger partial charge in [0.05, 0.1) is 13.2 Å². The lowest BCUT2D eigenvalue weighted by Crippen LogP contribution is -2.39. The molecule has 4 nitrogen and oxygen atoms in total. The Labute approximate surface area is 126 Å². The summed E-state index contributed by atoms with van der Waals surface area (Å²) in [4.78, 5) is 2.27. The molecule has 0 spiro atoms. The first-order valence-corrected chi connectivity index (χ1v) is 7.25. The number of anilines is 1. The van der Waals surface area contributed by atoms with Gasteiger partial charge in [-0.3, -0.25) is 0 Å². The number of rotatable bonds is 9. The average molecular weight is 301 g/mol. The molecule has 0 saturated heterocycles. The Morgan fingerprint density at radius 1 is 1.30 bits per heavy atom. The lowest BCUT2D eigenvalue weighted by Gasteiger charge is -2.33. The maximum absolute atomic E-state index is 6.32. The summed E-state index contributed by atoms with van der Waals surface area (Å²) in [5.41, 5.74) is 7.92. The zero-order valence-electron chi connectivity index (χ0n) is 12.6. The highest BCUT2D eigenvalue weighted by Gasteiger charge is 2.18. The molecule has 0 aliphatic carbocycles. The van der Waals surface area contributed by atoms with Gasteiger partial charge in [0.1, 0.15) is 0 Å².